The fourth-order valence-corrected chi connectivity index (χ4v) is 2.57. The minimum atomic E-state index is -1.28. The van der Waals surface area contributed by atoms with Crippen molar-refractivity contribution in [2.24, 2.45) is 10.2 Å². The van der Waals surface area contributed by atoms with Crippen LogP contribution in [0.1, 0.15) is 20.7 Å². The molecule has 0 saturated heterocycles. The molecule has 0 aliphatic heterocycles. The Morgan fingerprint density at radius 2 is 1.54 bits per heavy atom. The molecule has 3 rings (SSSR count). The quantitative estimate of drug-likeness (QED) is 0.651. The summed E-state index contributed by atoms with van der Waals surface area (Å²) in [4.78, 5) is 22.4. The number of nitrogens with zero attached hydrogens (tertiary/aromatic N) is 2. The van der Waals surface area contributed by atoms with Crippen LogP contribution in [-0.4, -0.2) is 29.3 Å². The summed E-state index contributed by atoms with van der Waals surface area (Å²) in [5.41, 5.74) is 0.255. The van der Waals surface area contributed by atoms with Crippen molar-refractivity contribution in [2.45, 2.75) is 0 Å². The molecule has 7 heteroatoms. The van der Waals surface area contributed by atoms with Gasteiger partial charge in [-0.1, -0.05) is 24.3 Å². The Bertz CT molecular complexity index is 1040. The van der Waals surface area contributed by atoms with Gasteiger partial charge < -0.3 is 14.9 Å². The molecule has 0 spiro atoms. The van der Waals surface area contributed by atoms with E-state index >= 15 is 0 Å². The zero-order chi connectivity index (χ0) is 18.7. The number of carbonyl (C=O) groups is 2. The third-order valence-electron chi connectivity index (χ3n) is 3.82. The molecule has 130 valence electrons. The van der Waals surface area contributed by atoms with Gasteiger partial charge in [0, 0.05) is 10.8 Å². The number of methoxy groups -OCH3 is 1. The highest BCUT2D eigenvalue weighted by molar-refractivity contribution is 5.98. The molecule has 2 N–H and O–H groups in total. The van der Waals surface area contributed by atoms with Gasteiger partial charge in [-0.05, 0) is 30.3 Å². The highest BCUT2D eigenvalue weighted by atomic mass is 16.5. The number of carboxylic acid groups (broad SMARTS) is 2. The lowest BCUT2D eigenvalue weighted by atomic mass is 10.1. The van der Waals surface area contributed by atoms with Gasteiger partial charge in [-0.2, -0.15) is 0 Å². The van der Waals surface area contributed by atoms with Gasteiger partial charge in [0.2, 0.25) is 0 Å². The maximum absolute atomic E-state index is 11.4. The summed E-state index contributed by atoms with van der Waals surface area (Å²) in [5.74, 6) is -1.80. The Kier molecular flexibility index (Phi) is 4.62. The third-order valence-corrected chi connectivity index (χ3v) is 3.82. The number of benzene rings is 3. The average molecular weight is 350 g/mol. The fourth-order valence-electron chi connectivity index (χ4n) is 2.57. The number of rotatable bonds is 5. The fraction of sp³-hybridized carbons (Fsp3) is 0.0526. The summed E-state index contributed by atoms with van der Waals surface area (Å²) in [6.45, 7) is 0. The molecule has 0 fully saturated rings. The molecule has 3 aromatic rings. The molecule has 7 nitrogen and oxygen atoms in total. The number of hydrogen-bond acceptors (Lipinski definition) is 5. The van der Waals surface area contributed by atoms with Gasteiger partial charge in [0.25, 0.3) is 0 Å². The van der Waals surface area contributed by atoms with E-state index in [4.69, 9.17) is 9.84 Å². The van der Waals surface area contributed by atoms with Gasteiger partial charge in [0.05, 0.1) is 23.9 Å². The number of carboxylic acids is 2. The van der Waals surface area contributed by atoms with Crippen LogP contribution < -0.4 is 4.74 Å². The summed E-state index contributed by atoms with van der Waals surface area (Å²) in [6, 6.07) is 14.6. The molecule has 0 aromatic heterocycles. The highest BCUT2D eigenvalue weighted by Crippen LogP contribution is 2.33. The third kappa shape index (κ3) is 3.23. The number of fused-ring (bicyclic) bond motifs is 1. The smallest absolute Gasteiger partial charge is 0.337 e. The van der Waals surface area contributed by atoms with Crippen molar-refractivity contribution in [1.29, 1.82) is 0 Å². The summed E-state index contributed by atoms with van der Waals surface area (Å²) < 4.78 is 5.33. The standard InChI is InChI=1S/C19H14N2O5/c1-26-17-7-3-4-12-13(17)5-2-6-15(12)20-21-16-9-8-11(18(22)23)10-14(16)19(24)25/h2-10H,1H3,(H,22,23)(H,24,25). The molecular formula is C19H14N2O5. The van der Waals surface area contributed by atoms with E-state index in [1.165, 1.54) is 12.1 Å². The van der Waals surface area contributed by atoms with Crippen molar-refractivity contribution >= 4 is 34.1 Å². The Morgan fingerprint density at radius 3 is 2.23 bits per heavy atom. The molecule has 26 heavy (non-hydrogen) atoms. The van der Waals surface area contributed by atoms with Crippen molar-refractivity contribution in [3.63, 3.8) is 0 Å². The Morgan fingerprint density at radius 1 is 0.846 bits per heavy atom. The number of aromatic carboxylic acids is 2. The Balaban J connectivity index is 2.07. The highest BCUT2D eigenvalue weighted by Gasteiger charge is 2.14. The van der Waals surface area contributed by atoms with Crippen LogP contribution in [0, 0.1) is 0 Å². The topological polar surface area (TPSA) is 109 Å². The van der Waals surface area contributed by atoms with Crippen LogP contribution in [0.2, 0.25) is 0 Å². The van der Waals surface area contributed by atoms with Gasteiger partial charge in [-0.3, -0.25) is 0 Å². The van der Waals surface area contributed by atoms with Crippen LogP contribution >= 0.6 is 0 Å². The predicted molar refractivity (Wildman–Crippen MR) is 95.0 cm³/mol. The van der Waals surface area contributed by atoms with E-state index in [2.05, 4.69) is 10.2 Å². The van der Waals surface area contributed by atoms with Crippen molar-refractivity contribution in [1.82, 2.24) is 0 Å². The molecule has 0 unspecified atom stereocenters. The van der Waals surface area contributed by atoms with Crippen LogP contribution in [0.3, 0.4) is 0 Å². The number of hydrogen-bond donors (Lipinski definition) is 2. The molecule has 0 amide bonds. The maximum atomic E-state index is 11.4. The first-order valence-electron chi connectivity index (χ1n) is 7.59. The predicted octanol–water partition coefficient (Wildman–Crippen LogP) is 4.66. The summed E-state index contributed by atoms with van der Waals surface area (Å²) in [5, 5.41) is 28.1. The lowest BCUT2D eigenvalue weighted by molar-refractivity contribution is 0.0696. The SMILES string of the molecule is COc1cccc2c(N=Nc3ccc(C(=O)O)cc3C(=O)O)cccc12. The molecule has 3 aromatic carbocycles. The van der Waals surface area contributed by atoms with E-state index in [1.807, 2.05) is 24.3 Å². The van der Waals surface area contributed by atoms with Crippen molar-refractivity contribution in [3.8, 4) is 5.75 Å². The Hall–Kier alpha value is -3.74. The van der Waals surface area contributed by atoms with E-state index < -0.39 is 11.9 Å². The van der Waals surface area contributed by atoms with Gasteiger partial charge in [0.1, 0.15) is 11.4 Å². The first-order chi connectivity index (χ1) is 12.5. The first-order valence-corrected chi connectivity index (χ1v) is 7.59. The van der Waals surface area contributed by atoms with Gasteiger partial charge in [-0.25, -0.2) is 9.59 Å². The second kappa shape index (κ2) is 7.02. The summed E-state index contributed by atoms with van der Waals surface area (Å²) in [6.07, 6.45) is 0. The van der Waals surface area contributed by atoms with Gasteiger partial charge in [-0.15, -0.1) is 10.2 Å². The van der Waals surface area contributed by atoms with Crippen LogP contribution in [0.15, 0.2) is 64.8 Å². The summed E-state index contributed by atoms with van der Waals surface area (Å²) in [7, 11) is 1.58. The largest absolute Gasteiger partial charge is 0.496 e. The molecule has 0 heterocycles. The van der Waals surface area contributed by atoms with Crippen molar-refractivity contribution in [2.75, 3.05) is 7.11 Å². The summed E-state index contributed by atoms with van der Waals surface area (Å²) >= 11 is 0. The van der Waals surface area contributed by atoms with Gasteiger partial charge >= 0.3 is 11.9 Å². The molecule has 0 aliphatic carbocycles. The molecule has 0 radical (unpaired) electrons. The van der Waals surface area contributed by atoms with Crippen molar-refractivity contribution in [3.05, 3.63) is 65.7 Å². The second-order valence-electron chi connectivity index (χ2n) is 5.37. The maximum Gasteiger partial charge on any atom is 0.337 e. The lowest BCUT2D eigenvalue weighted by Gasteiger charge is -2.06. The molecule has 0 atom stereocenters. The molecule has 0 aliphatic rings. The van der Waals surface area contributed by atoms with E-state index in [0.717, 1.165) is 16.8 Å². The average Bonchev–Trinajstić information content (AvgIpc) is 2.65. The van der Waals surface area contributed by atoms with Crippen LogP contribution in [0.4, 0.5) is 11.4 Å². The van der Waals surface area contributed by atoms with E-state index in [1.54, 1.807) is 19.2 Å². The number of azo groups is 1. The first kappa shape index (κ1) is 17.1. The normalized spacial score (nSPS) is 11.0. The van der Waals surface area contributed by atoms with Gasteiger partial charge in [0.15, 0.2) is 0 Å². The van der Waals surface area contributed by atoms with E-state index in [-0.39, 0.29) is 16.8 Å². The van der Waals surface area contributed by atoms with E-state index in [9.17, 15) is 14.7 Å². The van der Waals surface area contributed by atoms with Crippen LogP contribution in [0.25, 0.3) is 10.8 Å². The zero-order valence-electron chi connectivity index (χ0n) is 13.7. The lowest BCUT2D eigenvalue weighted by Crippen LogP contribution is -2.02. The van der Waals surface area contributed by atoms with Crippen molar-refractivity contribution < 1.29 is 24.5 Å². The molecule has 0 bridgehead atoms. The zero-order valence-corrected chi connectivity index (χ0v) is 13.7. The molecule has 0 saturated carbocycles. The van der Waals surface area contributed by atoms with E-state index in [0.29, 0.717) is 11.4 Å². The number of ether oxygens (including phenoxy) is 1. The Labute approximate surface area is 148 Å². The minimum Gasteiger partial charge on any atom is -0.496 e. The van der Waals surface area contributed by atoms with Crippen LogP contribution in [-0.2, 0) is 0 Å². The van der Waals surface area contributed by atoms with Crippen LogP contribution in [0.5, 0.6) is 5.75 Å². The molecular weight excluding hydrogens is 336 g/mol. The minimum absolute atomic E-state index is 0.0717. The second-order valence-corrected chi connectivity index (χ2v) is 5.37. The monoisotopic (exact) mass is 350 g/mol.